The SMILES string of the molecule is O=C(CSC1CCCC1)NCC1Cc2ccccc2CO1. The second-order valence-electron chi connectivity index (χ2n) is 5.93. The van der Waals surface area contributed by atoms with E-state index in [1.54, 1.807) is 0 Å². The summed E-state index contributed by atoms with van der Waals surface area (Å²) in [6, 6.07) is 8.38. The maximum Gasteiger partial charge on any atom is 0.230 e. The fourth-order valence-electron chi connectivity index (χ4n) is 3.07. The van der Waals surface area contributed by atoms with Gasteiger partial charge < -0.3 is 10.1 Å². The van der Waals surface area contributed by atoms with E-state index in [4.69, 9.17) is 4.74 Å². The van der Waals surface area contributed by atoms with E-state index in [0.717, 1.165) is 6.42 Å². The summed E-state index contributed by atoms with van der Waals surface area (Å²) in [5.74, 6) is 0.739. The number of benzene rings is 1. The summed E-state index contributed by atoms with van der Waals surface area (Å²) in [5, 5.41) is 3.72. The number of fused-ring (bicyclic) bond motifs is 1. The molecular formula is C17H23NO2S. The fraction of sp³-hybridized carbons (Fsp3) is 0.588. The minimum Gasteiger partial charge on any atom is -0.371 e. The van der Waals surface area contributed by atoms with Gasteiger partial charge in [-0.15, -0.1) is 11.8 Å². The first-order valence-corrected chi connectivity index (χ1v) is 8.93. The lowest BCUT2D eigenvalue weighted by atomic mass is 9.99. The molecule has 0 bridgehead atoms. The van der Waals surface area contributed by atoms with Crippen molar-refractivity contribution in [3.63, 3.8) is 0 Å². The van der Waals surface area contributed by atoms with Gasteiger partial charge in [0.2, 0.25) is 5.91 Å². The topological polar surface area (TPSA) is 38.3 Å². The van der Waals surface area contributed by atoms with Crippen molar-refractivity contribution in [1.82, 2.24) is 5.32 Å². The average Bonchev–Trinajstić information content (AvgIpc) is 3.04. The Morgan fingerprint density at radius 3 is 2.81 bits per heavy atom. The summed E-state index contributed by atoms with van der Waals surface area (Å²) < 4.78 is 5.81. The lowest BCUT2D eigenvalue weighted by molar-refractivity contribution is -0.119. The van der Waals surface area contributed by atoms with Gasteiger partial charge in [-0.25, -0.2) is 0 Å². The van der Waals surface area contributed by atoms with Crippen molar-refractivity contribution in [2.24, 2.45) is 0 Å². The molecule has 4 heteroatoms. The van der Waals surface area contributed by atoms with Crippen molar-refractivity contribution >= 4 is 17.7 Å². The summed E-state index contributed by atoms with van der Waals surface area (Å²) in [7, 11) is 0. The van der Waals surface area contributed by atoms with E-state index in [1.807, 2.05) is 17.8 Å². The van der Waals surface area contributed by atoms with Gasteiger partial charge in [-0.05, 0) is 24.0 Å². The molecule has 1 fully saturated rings. The van der Waals surface area contributed by atoms with Gasteiger partial charge in [0.15, 0.2) is 0 Å². The molecule has 3 nitrogen and oxygen atoms in total. The van der Waals surface area contributed by atoms with Crippen LogP contribution in [0.1, 0.15) is 36.8 Å². The molecule has 1 aromatic carbocycles. The quantitative estimate of drug-likeness (QED) is 0.909. The summed E-state index contributed by atoms with van der Waals surface area (Å²) >= 11 is 1.81. The van der Waals surface area contributed by atoms with E-state index >= 15 is 0 Å². The van der Waals surface area contributed by atoms with Crippen LogP contribution in [0.2, 0.25) is 0 Å². The maximum atomic E-state index is 11.9. The fourth-order valence-corrected chi connectivity index (χ4v) is 4.22. The Bertz CT molecular complexity index is 485. The van der Waals surface area contributed by atoms with Crippen LogP contribution in [0.5, 0.6) is 0 Å². The Kier molecular flexibility index (Phi) is 5.20. The third kappa shape index (κ3) is 4.24. The van der Waals surface area contributed by atoms with E-state index in [9.17, 15) is 4.79 Å². The van der Waals surface area contributed by atoms with Crippen molar-refractivity contribution in [3.8, 4) is 0 Å². The van der Waals surface area contributed by atoms with Gasteiger partial charge in [0.25, 0.3) is 0 Å². The average molecular weight is 305 g/mol. The molecule has 114 valence electrons. The molecule has 1 aliphatic heterocycles. The molecule has 3 rings (SSSR count). The highest BCUT2D eigenvalue weighted by atomic mass is 32.2. The predicted molar refractivity (Wildman–Crippen MR) is 86.4 cm³/mol. The second-order valence-corrected chi connectivity index (χ2v) is 7.22. The molecular weight excluding hydrogens is 282 g/mol. The monoisotopic (exact) mass is 305 g/mol. The van der Waals surface area contributed by atoms with Gasteiger partial charge in [0.1, 0.15) is 0 Å². The number of hydrogen-bond donors (Lipinski definition) is 1. The van der Waals surface area contributed by atoms with E-state index in [2.05, 4.69) is 23.5 Å². The normalized spacial score (nSPS) is 22.0. The Morgan fingerprint density at radius 1 is 1.24 bits per heavy atom. The van der Waals surface area contributed by atoms with Crippen LogP contribution in [0, 0.1) is 0 Å². The van der Waals surface area contributed by atoms with Gasteiger partial charge in [-0.3, -0.25) is 4.79 Å². The maximum absolute atomic E-state index is 11.9. The number of carbonyl (C=O) groups is 1. The van der Waals surface area contributed by atoms with Crippen molar-refractivity contribution in [3.05, 3.63) is 35.4 Å². The van der Waals surface area contributed by atoms with Crippen LogP contribution >= 0.6 is 11.8 Å². The molecule has 1 aromatic rings. The third-order valence-electron chi connectivity index (χ3n) is 4.32. The zero-order valence-electron chi connectivity index (χ0n) is 12.3. The molecule has 0 saturated heterocycles. The molecule has 21 heavy (non-hydrogen) atoms. The molecule has 2 aliphatic rings. The third-order valence-corrected chi connectivity index (χ3v) is 5.69. The standard InChI is InChI=1S/C17H23NO2S/c19-17(12-21-16-7-3-4-8-16)18-10-15-9-13-5-1-2-6-14(13)11-20-15/h1-2,5-6,15-16H,3-4,7-12H2,(H,18,19). The van der Waals surface area contributed by atoms with Crippen LogP contribution < -0.4 is 5.32 Å². The zero-order valence-corrected chi connectivity index (χ0v) is 13.2. The van der Waals surface area contributed by atoms with E-state index < -0.39 is 0 Å². The van der Waals surface area contributed by atoms with Gasteiger partial charge in [-0.1, -0.05) is 37.1 Å². The first kappa shape index (κ1) is 14.9. The molecule has 1 amide bonds. The number of nitrogens with one attached hydrogen (secondary N) is 1. The van der Waals surface area contributed by atoms with Crippen LogP contribution in [0.15, 0.2) is 24.3 Å². The van der Waals surface area contributed by atoms with Crippen molar-refractivity contribution in [1.29, 1.82) is 0 Å². The molecule has 1 heterocycles. The lowest BCUT2D eigenvalue weighted by Crippen LogP contribution is -2.37. The molecule has 1 N–H and O–H groups in total. The van der Waals surface area contributed by atoms with Crippen LogP contribution in [-0.4, -0.2) is 29.6 Å². The van der Waals surface area contributed by atoms with Gasteiger partial charge in [0.05, 0.1) is 18.5 Å². The highest BCUT2D eigenvalue weighted by Gasteiger charge is 2.20. The molecule has 1 unspecified atom stereocenters. The minimum atomic E-state index is 0.111. The van der Waals surface area contributed by atoms with Crippen molar-refractivity contribution in [2.75, 3.05) is 12.3 Å². The van der Waals surface area contributed by atoms with Gasteiger partial charge in [0, 0.05) is 18.2 Å². The summed E-state index contributed by atoms with van der Waals surface area (Å²) in [5.41, 5.74) is 2.63. The number of thioether (sulfide) groups is 1. The lowest BCUT2D eigenvalue weighted by Gasteiger charge is -2.25. The zero-order chi connectivity index (χ0) is 14.5. The highest BCUT2D eigenvalue weighted by Crippen LogP contribution is 2.29. The number of rotatable bonds is 5. The van der Waals surface area contributed by atoms with Crippen molar-refractivity contribution in [2.45, 2.75) is 50.1 Å². The Hall–Kier alpha value is -1.00. The van der Waals surface area contributed by atoms with Crippen LogP contribution in [0.3, 0.4) is 0 Å². The van der Waals surface area contributed by atoms with Gasteiger partial charge in [-0.2, -0.15) is 0 Å². The molecule has 1 saturated carbocycles. The van der Waals surface area contributed by atoms with Crippen LogP contribution in [-0.2, 0) is 22.6 Å². The minimum absolute atomic E-state index is 0.111. The van der Waals surface area contributed by atoms with Crippen LogP contribution in [0.25, 0.3) is 0 Å². The molecule has 1 aliphatic carbocycles. The highest BCUT2D eigenvalue weighted by molar-refractivity contribution is 8.00. The molecule has 1 atom stereocenters. The van der Waals surface area contributed by atoms with Crippen LogP contribution in [0.4, 0.5) is 0 Å². The molecule has 0 radical (unpaired) electrons. The Balaban J connectivity index is 1.38. The molecule has 0 spiro atoms. The first-order valence-electron chi connectivity index (χ1n) is 7.88. The number of amides is 1. The van der Waals surface area contributed by atoms with E-state index in [0.29, 0.717) is 24.2 Å². The summed E-state index contributed by atoms with van der Waals surface area (Å²) in [4.78, 5) is 11.9. The number of carbonyl (C=O) groups excluding carboxylic acids is 1. The molecule has 0 aromatic heterocycles. The van der Waals surface area contributed by atoms with E-state index in [-0.39, 0.29) is 12.0 Å². The smallest absolute Gasteiger partial charge is 0.230 e. The second kappa shape index (κ2) is 7.32. The van der Waals surface area contributed by atoms with Crippen molar-refractivity contribution < 1.29 is 9.53 Å². The Morgan fingerprint density at radius 2 is 2.00 bits per heavy atom. The largest absolute Gasteiger partial charge is 0.371 e. The van der Waals surface area contributed by atoms with E-state index in [1.165, 1.54) is 36.8 Å². The number of hydrogen-bond acceptors (Lipinski definition) is 3. The van der Waals surface area contributed by atoms with Gasteiger partial charge >= 0.3 is 0 Å². The first-order chi connectivity index (χ1) is 10.3. The predicted octanol–water partition coefficient (Wildman–Crippen LogP) is 2.92. The Labute approximate surface area is 130 Å². The number of ether oxygens (including phenoxy) is 1. The summed E-state index contributed by atoms with van der Waals surface area (Å²) in [6.07, 6.45) is 6.22. The summed E-state index contributed by atoms with van der Waals surface area (Å²) in [6.45, 7) is 1.28.